The van der Waals surface area contributed by atoms with Gasteiger partial charge in [-0.25, -0.2) is 0 Å². The van der Waals surface area contributed by atoms with E-state index in [1.165, 1.54) is 19.2 Å². The van der Waals surface area contributed by atoms with E-state index in [1.54, 1.807) is 24.3 Å². The van der Waals surface area contributed by atoms with Crippen molar-refractivity contribution < 1.29 is 22.8 Å². The third-order valence-electron chi connectivity index (χ3n) is 3.93. The number of amides is 2. The first-order valence-corrected chi connectivity index (χ1v) is 6.88. The number of carbonyl (C=O) groups excluding carboxylic acids is 2. The second kappa shape index (κ2) is 5.22. The number of nitrogens with zero attached hydrogens (tertiary/aromatic N) is 1. The highest BCUT2D eigenvalue weighted by atomic mass is 19.4. The summed E-state index contributed by atoms with van der Waals surface area (Å²) in [6.07, 6.45) is -4.49. The van der Waals surface area contributed by atoms with Crippen LogP contribution < -0.4 is 0 Å². The number of fused-ring (bicyclic) bond motifs is 1. The highest BCUT2D eigenvalue weighted by Crippen LogP contribution is 2.36. The number of halogens is 3. The first kappa shape index (κ1) is 15.3. The van der Waals surface area contributed by atoms with Crippen molar-refractivity contribution in [3.05, 3.63) is 70.8 Å². The van der Waals surface area contributed by atoms with Crippen LogP contribution in [-0.4, -0.2) is 23.8 Å². The molecule has 1 unspecified atom stereocenters. The Hall–Kier alpha value is -2.63. The molecule has 0 radical (unpaired) electrons. The Labute approximate surface area is 130 Å². The molecule has 0 bridgehead atoms. The predicted octanol–water partition coefficient (Wildman–Crippen LogP) is 3.45. The lowest BCUT2D eigenvalue weighted by Gasteiger charge is -2.30. The summed E-state index contributed by atoms with van der Waals surface area (Å²) >= 11 is 0. The summed E-state index contributed by atoms with van der Waals surface area (Å²) in [5, 5.41) is 0. The van der Waals surface area contributed by atoms with E-state index < -0.39 is 29.5 Å². The minimum Gasteiger partial charge on any atom is -0.281 e. The van der Waals surface area contributed by atoms with Crippen molar-refractivity contribution in [1.82, 2.24) is 4.90 Å². The molecular weight excluding hydrogens is 307 g/mol. The van der Waals surface area contributed by atoms with Crippen LogP contribution in [0.5, 0.6) is 0 Å². The van der Waals surface area contributed by atoms with Crippen LogP contribution in [0.4, 0.5) is 13.2 Å². The number of hydrogen-bond donors (Lipinski definition) is 0. The van der Waals surface area contributed by atoms with Gasteiger partial charge in [-0.05, 0) is 23.3 Å². The zero-order chi connectivity index (χ0) is 16.8. The van der Waals surface area contributed by atoms with Crippen molar-refractivity contribution in [2.75, 3.05) is 7.05 Å². The Bertz CT molecular complexity index is 798. The molecule has 0 aromatic heterocycles. The third kappa shape index (κ3) is 2.50. The van der Waals surface area contributed by atoms with E-state index in [1.807, 2.05) is 0 Å². The number of alkyl halides is 3. The van der Waals surface area contributed by atoms with Crippen LogP contribution in [0.2, 0.25) is 0 Å². The molecule has 0 fully saturated rings. The Kier molecular flexibility index (Phi) is 3.47. The lowest BCUT2D eigenvalue weighted by atomic mass is 9.83. The van der Waals surface area contributed by atoms with Crippen molar-refractivity contribution in [1.29, 1.82) is 0 Å². The fraction of sp³-hybridized carbons (Fsp3) is 0.176. The molecule has 6 heteroatoms. The van der Waals surface area contributed by atoms with Gasteiger partial charge in [-0.3, -0.25) is 14.5 Å². The van der Waals surface area contributed by atoms with Gasteiger partial charge in [0.2, 0.25) is 5.91 Å². The van der Waals surface area contributed by atoms with Crippen LogP contribution in [-0.2, 0) is 11.0 Å². The third-order valence-corrected chi connectivity index (χ3v) is 3.93. The van der Waals surface area contributed by atoms with E-state index in [9.17, 15) is 22.8 Å². The van der Waals surface area contributed by atoms with Crippen molar-refractivity contribution in [3.8, 4) is 0 Å². The fourth-order valence-electron chi connectivity index (χ4n) is 2.77. The van der Waals surface area contributed by atoms with Gasteiger partial charge in [0, 0.05) is 12.6 Å². The van der Waals surface area contributed by atoms with Crippen LogP contribution in [0.15, 0.2) is 48.5 Å². The van der Waals surface area contributed by atoms with E-state index in [-0.39, 0.29) is 5.56 Å². The summed E-state index contributed by atoms with van der Waals surface area (Å²) in [7, 11) is 1.33. The SMILES string of the molecule is CN1C(=O)c2ccccc2C(c2cccc(C(F)(F)F)c2)C1=O. The molecule has 23 heavy (non-hydrogen) atoms. The topological polar surface area (TPSA) is 37.4 Å². The molecule has 1 heterocycles. The predicted molar refractivity (Wildman–Crippen MR) is 76.8 cm³/mol. The van der Waals surface area contributed by atoms with Gasteiger partial charge in [0.15, 0.2) is 0 Å². The van der Waals surface area contributed by atoms with Crippen LogP contribution in [0.1, 0.15) is 33.0 Å². The molecule has 3 rings (SSSR count). The second-order valence-corrected chi connectivity index (χ2v) is 5.35. The zero-order valence-electron chi connectivity index (χ0n) is 12.1. The largest absolute Gasteiger partial charge is 0.416 e. The van der Waals surface area contributed by atoms with Crippen LogP contribution >= 0.6 is 0 Å². The van der Waals surface area contributed by atoms with Gasteiger partial charge in [0.25, 0.3) is 5.91 Å². The van der Waals surface area contributed by atoms with E-state index in [0.717, 1.165) is 17.0 Å². The van der Waals surface area contributed by atoms with E-state index in [4.69, 9.17) is 0 Å². The highest BCUT2D eigenvalue weighted by Gasteiger charge is 2.38. The van der Waals surface area contributed by atoms with Crippen molar-refractivity contribution in [2.45, 2.75) is 12.1 Å². The number of imide groups is 1. The Balaban J connectivity index is 2.18. The van der Waals surface area contributed by atoms with Crippen molar-refractivity contribution in [2.24, 2.45) is 0 Å². The average molecular weight is 319 g/mol. The molecule has 2 aromatic carbocycles. The minimum absolute atomic E-state index is 0.219. The molecular formula is C17H12F3NO2. The molecule has 118 valence electrons. The highest BCUT2D eigenvalue weighted by molar-refractivity contribution is 6.12. The van der Waals surface area contributed by atoms with Gasteiger partial charge in [-0.15, -0.1) is 0 Å². The normalized spacial score (nSPS) is 18.1. The standard InChI is InChI=1S/C17H12F3NO2/c1-21-15(22)13-8-3-2-7-12(13)14(16(21)23)10-5-4-6-11(9-10)17(18,19)20/h2-9,14H,1H3. The minimum atomic E-state index is -4.49. The second-order valence-electron chi connectivity index (χ2n) is 5.35. The molecule has 0 saturated heterocycles. The Morgan fingerprint density at radius 1 is 1.00 bits per heavy atom. The van der Waals surface area contributed by atoms with E-state index in [2.05, 4.69) is 0 Å². The lowest BCUT2D eigenvalue weighted by Crippen LogP contribution is -2.42. The van der Waals surface area contributed by atoms with Crippen LogP contribution in [0.25, 0.3) is 0 Å². The molecule has 0 spiro atoms. The molecule has 1 aliphatic heterocycles. The summed E-state index contributed by atoms with van der Waals surface area (Å²) in [6.45, 7) is 0. The number of likely N-dealkylation sites (N-methyl/N-ethyl adjacent to an activating group) is 1. The zero-order valence-corrected chi connectivity index (χ0v) is 12.1. The monoisotopic (exact) mass is 319 g/mol. The summed E-state index contributed by atoms with van der Waals surface area (Å²) in [5.74, 6) is -1.90. The lowest BCUT2D eigenvalue weighted by molar-refractivity contribution is -0.138. The maximum atomic E-state index is 12.9. The quantitative estimate of drug-likeness (QED) is 0.755. The maximum absolute atomic E-state index is 12.9. The number of benzene rings is 2. The first-order valence-electron chi connectivity index (χ1n) is 6.88. The summed E-state index contributed by atoms with van der Waals surface area (Å²) < 4.78 is 38.8. The molecule has 3 nitrogen and oxygen atoms in total. The molecule has 1 aliphatic rings. The Morgan fingerprint density at radius 2 is 1.70 bits per heavy atom. The fourth-order valence-corrected chi connectivity index (χ4v) is 2.77. The average Bonchev–Trinajstić information content (AvgIpc) is 2.52. The molecule has 0 N–H and O–H groups in total. The summed E-state index contributed by atoms with van der Waals surface area (Å²) in [6, 6.07) is 11.1. The Morgan fingerprint density at radius 3 is 2.39 bits per heavy atom. The van der Waals surface area contributed by atoms with E-state index >= 15 is 0 Å². The number of hydrogen-bond acceptors (Lipinski definition) is 2. The summed E-state index contributed by atoms with van der Waals surface area (Å²) in [4.78, 5) is 25.6. The molecule has 1 atom stereocenters. The maximum Gasteiger partial charge on any atom is 0.416 e. The van der Waals surface area contributed by atoms with Crippen LogP contribution in [0.3, 0.4) is 0 Å². The molecule has 0 saturated carbocycles. The smallest absolute Gasteiger partial charge is 0.281 e. The number of rotatable bonds is 1. The molecule has 2 aromatic rings. The van der Waals surface area contributed by atoms with Crippen molar-refractivity contribution >= 4 is 11.8 Å². The van der Waals surface area contributed by atoms with Gasteiger partial charge < -0.3 is 0 Å². The molecule has 2 amide bonds. The first-order chi connectivity index (χ1) is 10.8. The van der Waals surface area contributed by atoms with Crippen molar-refractivity contribution in [3.63, 3.8) is 0 Å². The van der Waals surface area contributed by atoms with Gasteiger partial charge >= 0.3 is 6.18 Å². The van der Waals surface area contributed by atoms with Gasteiger partial charge in [0.05, 0.1) is 11.5 Å². The van der Waals surface area contributed by atoms with Gasteiger partial charge in [0.1, 0.15) is 0 Å². The molecule has 0 aliphatic carbocycles. The summed E-state index contributed by atoms with van der Waals surface area (Å²) in [5.41, 5.74) is 0.161. The van der Waals surface area contributed by atoms with Gasteiger partial charge in [-0.2, -0.15) is 13.2 Å². The number of carbonyl (C=O) groups is 2. The van der Waals surface area contributed by atoms with E-state index in [0.29, 0.717) is 11.1 Å². The van der Waals surface area contributed by atoms with Crippen LogP contribution in [0, 0.1) is 0 Å². The van der Waals surface area contributed by atoms with Gasteiger partial charge in [-0.1, -0.05) is 36.4 Å².